The standard InChI is InChI=1S/C12H19NO2S/c1-9(2)10-4-6-11(7-5-10)12(13)8-16(3,14)15/h4-7,9,12H,8,13H2,1-3H3. The summed E-state index contributed by atoms with van der Waals surface area (Å²) in [6.07, 6.45) is 1.20. The van der Waals surface area contributed by atoms with E-state index in [-0.39, 0.29) is 5.75 Å². The highest BCUT2D eigenvalue weighted by Gasteiger charge is 2.13. The van der Waals surface area contributed by atoms with Crippen LogP contribution in [0, 0.1) is 0 Å². The van der Waals surface area contributed by atoms with Gasteiger partial charge in [-0.25, -0.2) is 8.42 Å². The van der Waals surface area contributed by atoms with Crippen molar-refractivity contribution >= 4 is 9.84 Å². The number of hydrogen-bond acceptors (Lipinski definition) is 3. The quantitative estimate of drug-likeness (QED) is 0.875. The first-order valence-corrected chi connectivity index (χ1v) is 7.39. The molecule has 0 saturated heterocycles. The van der Waals surface area contributed by atoms with E-state index in [2.05, 4.69) is 13.8 Å². The Morgan fingerprint density at radius 2 is 1.56 bits per heavy atom. The minimum Gasteiger partial charge on any atom is -0.323 e. The molecule has 0 bridgehead atoms. The maximum Gasteiger partial charge on any atom is 0.149 e. The molecule has 0 aliphatic rings. The summed E-state index contributed by atoms with van der Waals surface area (Å²) >= 11 is 0. The third-order valence-electron chi connectivity index (χ3n) is 2.51. The zero-order valence-electron chi connectivity index (χ0n) is 9.97. The Bertz CT molecular complexity index is 435. The first-order valence-electron chi connectivity index (χ1n) is 5.33. The molecule has 0 fully saturated rings. The highest BCUT2D eigenvalue weighted by atomic mass is 32.2. The molecule has 1 unspecified atom stereocenters. The molecule has 1 aromatic carbocycles. The molecule has 1 aromatic rings. The van der Waals surface area contributed by atoms with E-state index in [1.165, 1.54) is 11.8 Å². The van der Waals surface area contributed by atoms with Crippen LogP contribution in [-0.2, 0) is 9.84 Å². The topological polar surface area (TPSA) is 60.2 Å². The van der Waals surface area contributed by atoms with Gasteiger partial charge in [0.05, 0.1) is 5.75 Å². The lowest BCUT2D eigenvalue weighted by molar-refractivity contribution is 0.594. The molecule has 0 spiro atoms. The van der Waals surface area contributed by atoms with Crippen LogP contribution in [0.15, 0.2) is 24.3 Å². The summed E-state index contributed by atoms with van der Waals surface area (Å²) in [5, 5.41) is 0. The van der Waals surface area contributed by atoms with Crippen LogP contribution in [0.4, 0.5) is 0 Å². The fraction of sp³-hybridized carbons (Fsp3) is 0.500. The number of hydrogen-bond donors (Lipinski definition) is 1. The Morgan fingerprint density at radius 3 is 1.94 bits per heavy atom. The first-order chi connectivity index (χ1) is 7.29. The molecule has 0 saturated carbocycles. The summed E-state index contributed by atoms with van der Waals surface area (Å²) in [7, 11) is -3.02. The molecule has 0 aromatic heterocycles. The average Bonchev–Trinajstić information content (AvgIpc) is 2.15. The van der Waals surface area contributed by atoms with Crippen LogP contribution in [0.3, 0.4) is 0 Å². The van der Waals surface area contributed by atoms with Crippen molar-refractivity contribution in [3.63, 3.8) is 0 Å². The third-order valence-corrected chi connectivity index (χ3v) is 3.48. The van der Waals surface area contributed by atoms with E-state index in [1.807, 2.05) is 24.3 Å². The van der Waals surface area contributed by atoms with Gasteiger partial charge in [-0.2, -0.15) is 0 Å². The number of benzene rings is 1. The molecule has 0 aliphatic carbocycles. The molecule has 1 rings (SSSR count). The van der Waals surface area contributed by atoms with Crippen molar-refractivity contribution < 1.29 is 8.42 Å². The Balaban J connectivity index is 2.82. The summed E-state index contributed by atoms with van der Waals surface area (Å²) in [5.74, 6) is 0.466. The molecule has 90 valence electrons. The van der Waals surface area contributed by atoms with Crippen molar-refractivity contribution in [2.75, 3.05) is 12.0 Å². The van der Waals surface area contributed by atoms with Gasteiger partial charge in [-0.3, -0.25) is 0 Å². The van der Waals surface area contributed by atoms with Gasteiger partial charge in [0.1, 0.15) is 9.84 Å². The lowest BCUT2D eigenvalue weighted by Crippen LogP contribution is -2.20. The Hall–Kier alpha value is -0.870. The van der Waals surface area contributed by atoms with E-state index in [9.17, 15) is 8.42 Å². The fourth-order valence-corrected chi connectivity index (χ4v) is 2.40. The average molecular weight is 241 g/mol. The van der Waals surface area contributed by atoms with E-state index in [4.69, 9.17) is 5.73 Å². The molecule has 0 amide bonds. The minimum absolute atomic E-state index is 0.00593. The second-order valence-electron chi connectivity index (χ2n) is 4.52. The second kappa shape index (κ2) is 4.97. The number of rotatable bonds is 4. The van der Waals surface area contributed by atoms with Gasteiger partial charge in [-0.15, -0.1) is 0 Å². The highest BCUT2D eigenvalue weighted by Crippen LogP contribution is 2.18. The summed E-state index contributed by atoms with van der Waals surface area (Å²) in [4.78, 5) is 0. The van der Waals surface area contributed by atoms with E-state index in [1.54, 1.807) is 0 Å². The van der Waals surface area contributed by atoms with Crippen LogP contribution in [0.1, 0.15) is 36.9 Å². The van der Waals surface area contributed by atoms with Crippen molar-refractivity contribution in [3.8, 4) is 0 Å². The van der Waals surface area contributed by atoms with Crippen LogP contribution in [0.2, 0.25) is 0 Å². The van der Waals surface area contributed by atoms with E-state index in [0.717, 1.165) is 5.56 Å². The van der Waals surface area contributed by atoms with Gasteiger partial charge in [0.25, 0.3) is 0 Å². The van der Waals surface area contributed by atoms with E-state index in [0.29, 0.717) is 5.92 Å². The van der Waals surface area contributed by atoms with Crippen molar-refractivity contribution in [1.82, 2.24) is 0 Å². The minimum atomic E-state index is -3.02. The maximum absolute atomic E-state index is 11.1. The van der Waals surface area contributed by atoms with Gasteiger partial charge >= 0.3 is 0 Å². The lowest BCUT2D eigenvalue weighted by atomic mass is 10.00. The number of sulfone groups is 1. The SMILES string of the molecule is CC(C)c1ccc(C(N)CS(C)(=O)=O)cc1. The molecule has 2 N–H and O–H groups in total. The maximum atomic E-state index is 11.1. The normalized spacial score (nSPS) is 14.1. The fourth-order valence-electron chi connectivity index (χ4n) is 1.55. The summed E-state index contributed by atoms with van der Waals surface area (Å²) < 4.78 is 22.2. The molecule has 1 atom stereocenters. The lowest BCUT2D eigenvalue weighted by Gasteiger charge is -2.12. The van der Waals surface area contributed by atoms with E-state index >= 15 is 0 Å². The van der Waals surface area contributed by atoms with Crippen LogP contribution < -0.4 is 5.73 Å². The van der Waals surface area contributed by atoms with Crippen molar-refractivity contribution in [2.24, 2.45) is 5.73 Å². The summed E-state index contributed by atoms with van der Waals surface area (Å²) in [5.41, 5.74) is 7.93. The smallest absolute Gasteiger partial charge is 0.149 e. The Morgan fingerprint density at radius 1 is 1.12 bits per heavy atom. The molecule has 0 aliphatic heterocycles. The zero-order chi connectivity index (χ0) is 12.3. The first kappa shape index (κ1) is 13.2. The van der Waals surface area contributed by atoms with Crippen LogP contribution in [-0.4, -0.2) is 20.4 Å². The van der Waals surface area contributed by atoms with Crippen LogP contribution in [0.5, 0.6) is 0 Å². The van der Waals surface area contributed by atoms with E-state index < -0.39 is 15.9 Å². The number of nitrogens with two attached hydrogens (primary N) is 1. The summed E-state index contributed by atoms with van der Waals surface area (Å²) in [6, 6.07) is 7.39. The van der Waals surface area contributed by atoms with Crippen molar-refractivity contribution in [3.05, 3.63) is 35.4 Å². The largest absolute Gasteiger partial charge is 0.323 e. The molecule has 3 nitrogen and oxygen atoms in total. The van der Waals surface area contributed by atoms with Gasteiger partial charge in [-0.1, -0.05) is 38.1 Å². The molecule has 0 heterocycles. The molecular formula is C12H19NO2S. The van der Waals surface area contributed by atoms with Gasteiger partial charge in [0, 0.05) is 12.3 Å². The predicted molar refractivity (Wildman–Crippen MR) is 67.2 cm³/mol. The van der Waals surface area contributed by atoms with Crippen LogP contribution in [0.25, 0.3) is 0 Å². The summed E-state index contributed by atoms with van der Waals surface area (Å²) in [6.45, 7) is 4.23. The molecule has 4 heteroatoms. The molecule has 0 radical (unpaired) electrons. The Kier molecular flexibility index (Phi) is 4.10. The predicted octanol–water partition coefficient (Wildman–Crippen LogP) is 1.85. The third kappa shape index (κ3) is 3.94. The second-order valence-corrected chi connectivity index (χ2v) is 6.71. The van der Waals surface area contributed by atoms with Gasteiger partial charge in [0.2, 0.25) is 0 Å². The monoisotopic (exact) mass is 241 g/mol. The molecular weight excluding hydrogens is 222 g/mol. The molecule has 16 heavy (non-hydrogen) atoms. The van der Waals surface area contributed by atoms with Gasteiger partial charge in [0.15, 0.2) is 0 Å². The zero-order valence-corrected chi connectivity index (χ0v) is 10.8. The van der Waals surface area contributed by atoms with Crippen LogP contribution >= 0.6 is 0 Å². The highest BCUT2D eigenvalue weighted by molar-refractivity contribution is 7.90. The van der Waals surface area contributed by atoms with Crippen molar-refractivity contribution in [2.45, 2.75) is 25.8 Å². The van der Waals surface area contributed by atoms with Gasteiger partial charge < -0.3 is 5.73 Å². The van der Waals surface area contributed by atoms with Gasteiger partial charge in [-0.05, 0) is 17.0 Å². The Labute approximate surface area is 97.6 Å². The van der Waals surface area contributed by atoms with Crippen molar-refractivity contribution in [1.29, 1.82) is 0 Å².